The Labute approximate surface area is 197 Å². The molecular weight excluding hydrogens is 426 g/mol. The van der Waals surface area contributed by atoms with E-state index in [4.69, 9.17) is 4.74 Å². The zero-order chi connectivity index (χ0) is 23.4. The van der Waals surface area contributed by atoms with Crippen molar-refractivity contribution in [3.8, 4) is 11.3 Å². The van der Waals surface area contributed by atoms with Crippen molar-refractivity contribution in [2.45, 2.75) is 52.4 Å². The molecule has 4 aromatic rings. The van der Waals surface area contributed by atoms with Gasteiger partial charge in [0.2, 0.25) is 0 Å². The van der Waals surface area contributed by atoms with Gasteiger partial charge in [0.25, 0.3) is 0 Å². The standard InChI is InChI=1S/C27H33N3O2Si/c1-20-5-7-21(8-6-20)15-25-24-16-26(23-11-9-22(17-31)10-12-23)30(27(24)29-18-28-25)19-32-13-14-33(2,3)4/h5-12,16,18,31H,13-15,17,19H2,1-4H3. The van der Waals surface area contributed by atoms with Crippen LogP contribution in [0.5, 0.6) is 0 Å². The van der Waals surface area contributed by atoms with E-state index in [1.165, 1.54) is 11.1 Å². The van der Waals surface area contributed by atoms with Gasteiger partial charge in [0, 0.05) is 26.5 Å². The Kier molecular flexibility index (Phi) is 7.07. The van der Waals surface area contributed by atoms with Crippen molar-refractivity contribution in [1.82, 2.24) is 14.5 Å². The smallest absolute Gasteiger partial charge is 0.145 e. The van der Waals surface area contributed by atoms with E-state index < -0.39 is 8.07 Å². The molecule has 5 nitrogen and oxygen atoms in total. The maximum absolute atomic E-state index is 9.43. The summed E-state index contributed by atoms with van der Waals surface area (Å²) in [6.45, 7) is 10.4. The van der Waals surface area contributed by atoms with Crippen molar-refractivity contribution in [3.05, 3.63) is 83.3 Å². The van der Waals surface area contributed by atoms with Gasteiger partial charge >= 0.3 is 0 Å². The van der Waals surface area contributed by atoms with Crippen molar-refractivity contribution in [2.24, 2.45) is 0 Å². The summed E-state index contributed by atoms with van der Waals surface area (Å²) >= 11 is 0. The van der Waals surface area contributed by atoms with Gasteiger partial charge in [-0.25, -0.2) is 9.97 Å². The summed E-state index contributed by atoms with van der Waals surface area (Å²) in [5.41, 5.74) is 7.40. The molecule has 0 atom stereocenters. The van der Waals surface area contributed by atoms with Gasteiger partial charge in [-0.15, -0.1) is 0 Å². The number of nitrogens with zero attached hydrogens (tertiary/aromatic N) is 3. The molecule has 33 heavy (non-hydrogen) atoms. The number of aryl methyl sites for hydroxylation is 1. The topological polar surface area (TPSA) is 60.2 Å². The number of aromatic nitrogens is 3. The van der Waals surface area contributed by atoms with Crippen LogP contribution in [0.2, 0.25) is 25.7 Å². The Morgan fingerprint density at radius 3 is 2.30 bits per heavy atom. The van der Waals surface area contributed by atoms with Crippen LogP contribution in [0.15, 0.2) is 60.9 Å². The molecule has 0 aliphatic heterocycles. The molecule has 0 amide bonds. The average molecular weight is 460 g/mol. The number of benzene rings is 2. The Balaban J connectivity index is 1.71. The molecule has 0 unspecified atom stereocenters. The first-order valence-electron chi connectivity index (χ1n) is 11.5. The van der Waals surface area contributed by atoms with Crippen LogP contribution in [0.1, 0.15) is 22.4 Å². The highest BCUT2D eigenvalue weighted by molar-refractivity contribution is 6.76. The highest BCUT2D eigenvalue weighted by atomic mass is 28.3. The summed E-state index contributed by atoms with van der Waals surface area (Å²) in [6, 6.07) is 19.9. The molecule has 0 saturated carbocycles. The molecule has 172 valence electrons. The van der Waals surface area contributed by atoms with Crippen LogP contribution in [0.3, 0.4) is 0 Å². The highest BCUT2D eigenvalue weighted by Gasteiger charge is 2.17. The summed E-state index contributed by atoms with van der Waals surface area (Å²) in [6.07, 6.45) is 2.41. The summed E-state index contributed by atoms with van der Waals surface area (Å²) in [7, 11) is -1.16. The SMILES string of the molecule is Cc1ccc(Cc2ncnc3c2cc(-c2ccc(CO)cc2)n3COCC[Si](C)(C)C)cc1. The Hall–Kier alpha value is -2.80. The zero-order valence-corrected chi connectivity index (χ0v) is 21.0. The van der Waals surface area contributed by atoms with Crippen LogP contribution in [0.25, 0.3) is 22.3 Å². The second-order valence-corrected chi connectivity index (χ2v) is 15.5. The molecule has 0 aliphatic carbocycles. The van der Waals surface area contributed by atoms with E-state index in [0.29, 0.717) is 6.73 Å². The molecule has 0 saturated heterocycles. The monoisotopic (exact) mass is 459 g/mol. The van der Waals surface area contributed by atoms with Crippen LogP contribution >= 0.6 is 0 Å². The predicted molar refractivity (Wildman–Crippen MR) is 137 cm³/mol. The first-order valence-corrected chi connectivity index (χ1v) is 15.2. The third-order valence-corrected chi connectivity index (χ3v) is 7.62. The average Bonchev–Trinajstić information content (AvgIpc) is 3.17. The lowest BCUT2D eigenvalue weighted by Crippen LogP contribution is -2.22. The molecule has 0 bridgehead atoms. The molecule has 6 heteroatoms. The molecule has 4 rings (SSSR count). The summed E-state index contributed by atoms with van der Waals surface area (Å²) in [5.74, 6) is 0. The van der Waals surface area contributed by atoms with Crippen LogP contribution in [-0.4, -0.2) is 34.3 Å². The lowest BCUT2D eigenvalue weighted by Gasteiger charge is -2.16. The molecule has 1 N–H and O–H groups in total. The molecule has 2 heterocycles. The van der Waals surface area contributed by atoms with Crippen molar-refractivity contribution < 1.29 is 9.84 Å². The van der Waals surface area contributed by atoms with Gasteiger partial charge in [0.05, 0.1) is 18.0 Å². The lowest BCUT2D eigenvalue weighted by atomic mass is 10.1. The fraction of sp³-hybridized carbons (Fsp3) is 0.333. The molecule has 2 aromatic carbocycles. The normalized spacial score (nSPS) is 11.9. The van der Waals surface area contributed by atoms with Crippen molar-refractivity contribution >= 4 is 19.1 Å². The second kappa shape index (κ2) is 9.99. The minimum atomic E-state index is -1.16. The minimum Gasteiger partial charge on any atom is -0.392 e. The molecular formula is C27H33N3O2Si. The third-order valence-electron chi connectivity index (χ3n) is 5.91. The van der Waals surface area contributed by atoms with Gasteiger partial charge in [-0.1, -0.05) is 73.7 Å². The summed E-state index contributed by atoms with van der Waals surface area (Å²) in [5, 5.41) is 10.5. The highest BCUT2D eigenvalue weighted by Crippen LogP contribution is 2.30. The number of aliphatic hydroxyl groups is 1. The number of ether oxygens (including phenoxy) is 1. The zero-order valence-electron chi connectivity index (χ0n) is 20.0. The Morgan fingerprint density at radius 1 is 0.939 bits per heavy atom. The molecule has 2 aromatic heterocycles. The first-order chi connectivity index (χ1) is 15.8. The molecule has 0 spiro atoms. The van der Waals surface area contributed by atoms with E-state index in [2.05, 4.69) is 71.4 Å². The maximum Gasteiger partial charge on any atom is 0.145 e. The van der Waals surface area contributed by atoms with Gasteiger partial charge < -0.3 is 14.4 Å². The summed E-state index contributed by atoms with van der Waals surface area (Å²) in [4.78, 5) is 9.28. The number of fused-ring (bicyclic) bond motifs is 1. The van der Waals surface area contributed by atoms with Gasteiger partial charge in [-0.3, -0.25) is 0 Å². The van der Waals surface area contributed by atoms with Crippen LogP contribution in [0.4, 0.5) is 0 Å². The van der Waals surface area contributed by atoms with Crippen molar-refractivity contribution in [2.75, 3.05) is 6.61 Å². The minimum absolute atomic E-state index is 0.0369. The van der Waals surface area contributed by atoms with Crippen molar-refractivity contribution in [1.29, 1.82) is 0 Å². The van der Waals surface area contributed by atoms with Gasteiger partial charge in [-0.05, 0) is 35.7 Å². The number of rotatable bonds is 9. The summed E-state index contributed by atoms with van der Waals surface area (Å²) < 4.78 is 8.28. The van der Waals surface area contributed by atoms with Crippen LogP contribution in [0, 0.1) is 6.92 Å². The van der Waals surface area contributed by atoms with Crippen LogP contribution in [-0.2, 0) is 24.5 Å². The predicted octanol–water partition coefficient (Wildman–Crippen LogP) is 5.80. The van der Waals surface area contributed by atoms with Gasteiger partial charge in [0.1, 0.15) is 18.7 Å². The van der Waals surface area contributed by atoms with Crippen LogP contribution < -0.4 is 0 Å². The second-order valence-electron chi connectivity index (χ2n) is 9.88. The van der Waals surface area contributed by atoms with E-state index in [1.54, 1.807) is 6.33 Å². The van der Waals surface area contributed by atoms with E-state index in [9.17, 15) is 5.11 Å². The number of aliphatic hydroxyl groups excluding tert-OH is 1. The fourth-order valence-electron chi connectivity index (χ4n) is 3.84. The lowest BCUT2D eigenvalue weighted by molar-refractivity contribution is 0.0909. The molecule has 0 fully saturated rings. The largest absolute Gasteiger partial charge is 0.392 e. The third kappa shape index (κ3) is 5.77. The van der Waals surface area contributed by atoms with E-state index in [-0.39, 0.29) is 6.61 Å². The molecule has 0 radical (unpaired) electrons. The van der Waals surface area contributed by atoms with E-state index in [1.807, 2.05) is 24.3 Å². The van der Waals surface area contributed by atoms with E-state index in [0.717, 1.165) is 52.6 Å². The Morgan fingerprint density at radius 2 is 1.64 bits per heavy atom. The van der Waals surface area contributed by atoms with E-state index >= 15 is 0 Å². The molecule has 0 aliphatic rings. The quantitative estimate of drug-likeness (QED) is 0.254. The maximum atomic E-state index is 9.43. The van der Waals surface area contributed by atoms with Crippen molar-refractivity contribution in [3.63, 3.8) is 0 Å². The Bertz CT molecular complexity index is 1210. The fourth-order valence-corrected chi connectivity index (χ4v) is 4.59. The number of hydrogen-bond acceptors (Lipinski definition) is 4. The first kappa shape index (κ1) is 23.4. The number of hydrogen-bond donors (Lipinski definition) is 1. The van der Waals surface area contributed by atoms with Gasteiger partial charge in [-0.2, -0.15) is 0 Å². The van der Waals surface area contributed by atoms with Gasteiger partial charge in [0.15, 0.2) is 0 Å².